The lowest BCUT2D eigenvalue weighted by Crippen LogP contribution is -2.80. The smallest absolute Gasteiger partial charge is 0.219 e. The fraction of sp³-hybridized carbons (Fsp3) is 0.583. The number of Topliss-reactive ketones (excluding diaryl/α,β-unsaturated/α-hetero) is 1. The van der Waals surface area contributed by atoms with E-state index >= 15 is 0 Å². The quantitative estimate of drug-likeness (QED) is 0.725. The molecule has 0 radical (unpaired) electrons. The summed E-state index contributed by atoms with van der Waals surface area (Å²) in [5, 5.41) is 0. The van der Waals surface area contributed by atoms with Gasteiger partial charge in [-0.3, -0.25) is 9.59 Å². The van der Waals surface area contributed by atoms with Crippen molar-refractivity contribution in [2.45, 2.75) is 63.2 Å². The molecule has 0 aromatic heterocycles. The van der Waals surface area contributed by atoms with Crippen LogP contribution in [0.5, 0.6) is 5.75 Å². The maximum Gasteiger partial charge on any atom is 0.219 e. The van der Waals surface area contributed by atoms with E-state index in [1.807, 2.05) is 0 Å². The molecule has 0 unspecified atom stereocenters. The van der Waals surface area contributed by atoms with Crippen LogP contribution >= 0.6 is 0 Å². The Labute approximate surface area is 171 Å². The Morgan fingerprint density at radius 3 is 2.72 bits per heavy atom. The van der Waals surface area contributed by atoms with Gasteiger partial charge < -0.3 is 14.4 Å². The van der Waals surface area contributed by atoms with Gasteiger partial charge in [0.05, 0.1) is 11.3 Å². The van der Waals surface area contributed by atoms with Gasteiger partial charge in [0, 0.05) is 37.6 Å². The number of hydrogen-bond donors (Lipinski definition) is 0. The van der Waals surface area contributed by atoms with Gasteiger partial charge in [0.25, 0.3) is 0 Å². The summed E-state index contributed by atoms with van der Waals surface area (Å²) in [6.07, 6.45) is 6.55. The summed E-state index contributed by atoms with van der Waals surface area (Å²) in [5.41, 5.74) is 2.48. The van der Waals surface area contributed by atoms with Gasteiger partial charge in [-0.05, 0) is 44.2 Å². The molecule has 7 rings (SSSR count). The molecule has 2 aliphatic heterocycles. The molecule has 1 amide bonds. The van der Waals surface area contributed by atoms with E-state index in [0.717, 1.165) is 30.7 Å². The predicted molar refractivity (Wildman–Crippen MR) is 107 cm³/mol. The number of aryl methyl sites for hydroxylation is 1. The predicted octanol–water partition coefficient (Wildman–Crippen LogP) is 2.72. The van der Waals surface area contributed by atoms with Crippen molar-refractivity contribution in [1.82, 2.24) is 4.90 Å². The van der Waals surface area contributed by atoms with Crippen LogP contribution in [0.2, 0.25) is 0 Å². The van der Waals surface area contributed by atoms with Crippen LogP contribution in [0, 0.1) is 18.3 Å². The first-order chi connectivity index (χ1) is 13.8. The molecule has 4 bridgehead atoms. The minimum absolute atomic E-state index is 0.0502. The molecular formula is C24H27NO4. The number of nitrogens with zero attached hydrogens (tertiary/aromatic N) is 1. The normalized spacial score (nSPS) is 42.5. The number of hydrogen-bond acceptors (Lipinski definition) is 4. The van der Waals surface area contributed by atoms with Crippen molar-refractivity contribution in [1.29, 1.82) is 0 Å². The van der Waals surface area contributed by atoms with Crippen molar-refractivity contribution in [3.05, 3.63) is 41.0 Å². The lowest BCUT2D eigenvalue weighted by molar-refractivity contribution is -0.214. The number of rotatable bonds is 2. The first-order valence-electron chi connectivity index (χ1n) is 10.7. The van der Waals surface area contributed by atoms with Gasteiger partial charge in [0.1, 0.15) is 23.2 Å². The monoisotopic (exact) mass is 393 g/mol. The highest BCUT2D eigenvalue weighted by Crippen LogP contribution is 2.74. The number of carbonyl (C=O) groups is 2. The van der Waals surface area contributed by atoms with Crippen molar-refractivity contribution >= 4 is 11.7 Å². The Bertz CT molecular complexity index is 1010. The second-order valence-corrected chi connectivity index (χ2v) is 9.70. The highest BCUT2D eigenvalue weighted by Gasteiger charge is 2.79. The van der Waals surface area contributed by atoms with Gasteiger partial charge in [0.2, 0.25) is 5.91 Å². The van der Waals surface area contributed by atoms with Crippen LogP contribution in [0.4, 0.5) is 0 Å². The van der Waals surface area contributed by atoms with E-state index in [9.17, 15) is 9.59 Å². The third-order valence-corrected chi connectivity index (χ3v) is 8.92. The molecule has 5 heteroatoms. The maximum absolute atomic E-state index is 12.8. The highest BCUT2D eigenvalue weighted by atomic mass is 16.6. The molecule has 0 N–H and O–H groups in total. The molecule has 2 spiro atoms. The second-order valence-electron chi connectivity index (χ2n) is 9.70. The van der Waals surface area contributed by atoms with Crippen LogP contribution in [0.3, 0.4) is 0 Å². The number of benzene rings is 1. The Hall–Kier alpha value is -2.14. The average Bonchev–Trinajstić information content (AvgIpc) is 3.06. The van der Waals surface area contributed by atoms with E-state index in [1.54, 1.807) is 21.0 Å². The van der Waals surface area contributed by atoms with Gasteiger partial charge >= 0.3 is 0 Å². The first-order valence-corrected chi connectivity index (χ1v) is 10.7. The van der Waals surface area contributed by atoms with Gasteiger partial charge in [-0.25, -0.2) is 0 Å². The van der Waals surface area contributed by atoms with E-state index in [4.69, 9.17) is 9.47 Å². The molecule has 1 aromatic carbocycles. The van der Waals surface area contributed by atoms with Crippen LogP contribution in [0.15, 0.2) is 24.3 Å². The average molecular weight is 393 g/mol. The van der Waals surface area contributed by atoms with Gasteiger partial charge in [0.15, 0.2) is 0 Å². The third-order valence-electron chi connectivity index (χ3n) is 8.92. The van der Waals surface area contributed by atoms with Crippen LogP contribution in [0.1, 0.15) is 43.4 Å². The minimum Gasteiger partial charge on any atom is -0.485 e. The topological polar surface area (TPSA) is 55.8 Å². The zero-order chi connectivity index (χ0) is 20.3. The number of ketones is 1. The van der Waals surface area contributed by atoms with E-state index in [0.29, 0.717) is 6.42 Å². The van der Waals surface area contributed by atoms with E-state index in [-0.39, 0.29) is 40.6 Å². The zero-order valence-electron chi connectivity index (χ0n) is 17.5. The van der Waals surface area contributed by atoms with Crippen LogP contribution in [0.25, 0.3) is 0 Å². The number of likely N-dealkylation sites (tertiary alicyclic amines) is 1. The number of fused-ring (bicyclic) bond motifs is 1. The van der Waals surface area contributed by atoms with Gasteiger partial charge in [-0.15, -0.1) is 0 Å². The Morgan fingerprint density at radius 2 is 2.03 bits per heavy atom. The van der Waals surface area contributed by atoms with Crippen molar-refractivity contribution in [3.8, 4) is 5.75 Å². The Balaban J connectivity index is 1.71. The summed E-state index contributed by atoms with van der Waals surface area (Å²) in [4.78, 5) is 27.5. The van der Waals surface area contributed by atoms with Crippen LogP contribution in [-0.2, 0) is 26.2 Å². The number of methoxy groups -OCH3 is 1. The fourth-order valence-electron chi connectivity index (χ4n) is 7.82. The molecule has 29 heavy (non-hydrogen) atoms. The summed E-state index contributed by atoms with van der Waals surface area (Å²) in [5.74, 6) is 0.981. The van der Waals surface area contributed by atoms with Gasteiger partial charge in [-0.2, -0.15) is 0 Å². The standard InChI is InChI=1S/C24H27NO4/c1-13-5-6-16-11-18-22-7-8-24(28-4,17(12-22)14(2)26)21-23(22,19(16)20(13)29-21)9-10-25(18)15(3)27/h5-8,17-18,21H,9-12H2,1-4H3/t17-,18-,21-,22-,23+,24-/m1/s1. The molecule has 6 atom stereocenters. The third kappa shape index (κ3) is 1.64. The minimum atomic E-state index is -0.753. The Morgan fingerprint density at radius 1 is 1.24 bits per heavy atom. The molecule has 1 saturated heterocycles. The summed E-state index contributed by atoms with van der Waals surface area (Å²) < 4.78 is 13.0. The molecular weight excluding hydrogens is 366 g/mol. The summed E-state index contributed by atoms with van der Waals surface area (Å²) in [6.45, 7) is 6.17. The molecule has 1 saturated carbocycles. The summed E-state index contributed by atoms with van der Waals surface area (Å²) >= 11 is 0. The molecule has 5 nitrogen and oxygen atoms in total. The molecule has 152 valence electrons. The van der Waals surface area contributed by atoms with Crippen molar-refractivity contribution < 1.29 is 19.1 Å². The first kappa shape index (κ1) is 17.7. The molecule has 2 fully saturated rings. The maximum atomic E-state index is 12.8. The fourth-order valence-corrected chi connectivity index (χ4v) is 7.82. The zero-order valence-corrected chi connectivity index (χ0v) is 17.5. The summed E-state index contributed by atoms with van der Waals surface area (Å²) in [7, 11) is 1.71. The highest BCUT2D eigenvalue weighted by molar-refractivity contribution is 5.83. The number of piperidine rings is 1. The molecule has 4 aliphatic carbocycles. The second kappa shape index (κ2) is 5.12. The SMILES string of the molecule is CO[C@]12C=C[C@@]3(C[C@@H]1C(C)=O)[C@H]1Cc4ccc(C)c5c4[C@@]3(CCN1C(C)=O)[C@H]2O5. The van der Waals surface area contributed by atoms with E-state index < -0.39 is 5.60 Å². The molecule has 6 aliphatic rings. The van der Waals surface area contributed by atoms with Crippen molar-refractivity contribution in [2.24, 2.45) is 11.3 Å². The van der Waals surface area contributed by atoms with E-state index in [1.165, 1.54) is 11.1 Å². The number of carbonyl (C=O) groups excluding carboxylic acids is 2. The van der Waals surface area contributed by atoms with Crippen molar-refractivity contribution in [3.63, 3.8) is 0 Å². The van der Waals surface area contributed by atoms with Crippen molar-refractivity contribution in [2.75, 3.05) is 13.7 Å². The lowest BCUT2D eigenvalue weighted by atomic mass is 9.37. The summed E-state index contributed by atoms with van der Waals surface area (Å²) in [6, 6.07) is 4.40. The van der Waals surface area contributed by atoms with Crippen LogP contribution in [-0.4, -0.2) is 48.0 Å². The van der Waals surface area contributed by atoms with Gasteiger partial charge in [-0.1, -0.05) is 24.3 Å². The largest absolute Gasteiger partial charge is 0.485 e. The number of amides is 1. The number of ether oxygens (including phenoxy) is 2. The molecule has 1 aromatic rings. The van der Waals surface area contributed by atoms with E-state index in [2.05, 4.69) is 36.1 Å². The Kier molecular flexibility index (Phi) is 3.13. The van der Waals surface area contributed by atoms with Crippen LogP contribution < -0.4 is 4.74 Å². The lowest BCUT2D eigenvalue weighted by Gasteiger charge is -2.70. The molecule has 2 heterocycles.